The van der Waals surface area contributed by atoms with Gasteiger partial charge in [-0.1, -0.05) is 6.92 Å². The maximum absolute atomic E-state index is 10.8. The van der Waals surface area contributed by atoms with E-state index in [1.165, 1.54) is 12.3 Å². The predicted molar refractivity (Wildman–Crippen MR) is 48.1 cm³/mol. The molecule has 0 fully saturated rings. The number of nitrogens with zero attached hydrogens (tertiary/aromatic N) is 2. The van der Waals surface area contributed by atoms with E-state index in [1.807, 2.05) is 6.92 Å². The Morgan fingerprint density at radius 3 is 3.07 bits per heavy atom. The van der Waals surface area contributed by atoms with Crippen molar-refractivity contribution < 1.29 is 14.3 Å². The molecule has 0 aliphatic carbocycles. The molecule has 14 heavy (non-hydrogen) atoms. The molecule has 5 nitrogen and oxygen atoms in total. The van der Waals surface area contributed by atoms with Crippen LogP contribution in [0.3, 0.4) is 0 Å². The molecule has 0 aromatic carbocycles. The van der Waals surface area contributed by atoms with Crippen molar-refractivity contribution in [1.29, 1.82) is 0 Å². The van der Waals surface area contributed by atoms with Crippen molar-refractivity contribution in [3.05, 3.63) is 23.7 Å². The summed E-state index contributed by atoms with van der Waals surface area (Å²) in [6.07, 6.45) is 2.02. The van der Waals surface area contributed by atoms with Crippen LogP contribution in [0.4, 0.5) is 0 Å². The molecule has 0 amide bonds. The highest BCUT2D eigenvalue weighted by molar-refractivity contribution is 5.99. The number of aryl methyl sites for hydroxylation is 1. The summed E-state index contributed by atoms with van der Waals surface area (Å²) in [4.78, 5) is 18.7. The van der Waals surface area contributed by atoms with Crippen molar-refractivity contribution in [2.75, 3.05) is 0 Å². The number of oxazole rings is 1. The number of carboxylic acids is 1. The Morgan fingerprint density at radius 1 is 1.64 bits per heavy atom. The topological polar surface area (TPSA) is 76.2 Å². The number of rotatable bonds is 2. The first-order chi connectivity index (χ1) is 6.72. The van der Waals surface area contributed by atoms with Crippen molar-refractivity contribution in [3.63, 3.8) is 0 Å². The lowest BCUT2D eigenvalue weighted by atomic mass is 10.2. The van der Waals surface area contributed by atoms with Gasteiger partial charge in [0.05, 0.1) is 5.56 Å². The Labute approximate surface area is 79.4 Å². The molecule has 5 heteroatoms. The molecule has 0 unspecified atom stereocenters. The summed E-state index contributed by atoms with van der Waals surface area (Å²) in [6, 6.07) is 1.41. The van der Waals surface area contributed by atoms with Crippen LogP contribution in [0.2, 0.25) is 0 Å². The third-order valence-corrected chi connectivity index (χ3v) is 1.87. The first kappa shape index (κ1) is 8.68. The molecule has 0 aliphatic heterocycles. The molecule has 2 aromatic rings. The van der Waals surface area contributed by atoms with Gasteiger partial charge in [0.2, 0.25) is 5.71 Å². The van der Waals surface area contributed by atoms with Crippen molar-refractivity contribution in [3.8, 4) is 0 Å². The molecule has 0 saturated carbocycles. The molecule has 0 spiro atoms. The van der Waals surface area contributed by atoms with Gasteiger partial charge in [0.25, 0.3) is 0 Å². The normalized spacial score (nSPS) is 10.6. The van der Waals surface area contributed by atoms with Crippen LogP contribution in [0.15, 0.2) is 16.7 Å². The van der Waals surface area contributed by atoms with E-state index in [4.69, 9.17) is 9.52 Å². The molecular formula is C9H8N2O3. The van der Waals surface area contributed by atoms with Crippen LogP contribution < -0.4 is 0 Å². The van der Waals surface area contributed by atoms with Gasteiger partial charge in [-0.05, 0) is 6.07 Å². The standard InChI is InChI=1S/C9H8N2O3/c1-2-6-11-7-5(9(12)13)3-4-10-8(7)14-6/h3-4H,2H2,1H3,(H,12,13). The minimum atomic E-state index is -1.02. The number of fused-ring (bicyclic) bond motifs is 1. The highest BCUT2D eigenvalue weighted by Gasteiger charge is 2.14. The Kier molecular flexibility index (Phi) is 1.92. The zero-order chi connectivity index (χ0) is 10.1. The van der Waals surface area contributed by atoms with Gasteiger partial charge in [-0.2, -0.15) is 0 Å². The average molecular weight is 192 g/mol. The van der Waals surface area contributed by atoms with E-state index >= 15 is 0 Å². The SMILES string of the molecule is CCc1nc2c(C(=O)O)ccnc2o1. The number of carboxylic acid groups (broad SMARTS) is 1. The molecule has 0 radical (unpaired) electrons. The number of carbonyl (C=O) groups is 1. The third kappa shape index (κ3) is 1.22. The Hall–Kier alpha value is -1.91. The van der Waals surface area contributed by atoms with E-state index in [-0.39, 0.29) is 11.3 Å². The van der Waals surface area contributed by atoms with Crippen LogP contribution >= 0.6 is 0 Å². The molecule has 2 rings (SSSR count). The summed E-state index contributed by atoms with van der Waals surface area (Å²) in [5, 5.41) is 8.86. The smallest absolute Gasteiger partial charge is 0.338 e. The fourth-order valence-corrected chi connectivity index (χ4v) is 1.20. The van der Waals surface area contributed by atoms with Crippen LogP contribution in [0.1, 0.15) is 23.2 Å². The minimum absolute atomic E-state index is 0.124. The highest BCUT2D eigenvalue weighted by atomic mass is 16.4. The van der Waals surface area contributed by atoms with Crippen LogP contribution in [0.25, 0.3) is 11.2 Å². The lowest BCUT2D eigenvalue weighted by Crippen LogP contribution is -1.97. The molecule has 72 valence electrons. The van der Waals surface area contributed by atoms with E-state index in [2.05, 4.69) is 9.97 Å². The van der Waals surface area contributed by atoms with Crippen molar-refractivity contribution in [2.45, 2.75) is 13.3 Å². The number of hydrogen-bond donors (Lipinski definition) is 1. The second-order valence-electron chi connectivity index (χ2n) is 2.78. The Balaban J connectivity index is 2.73. The van der Waals surface area contributed by atoms with Gasteiger partial charge < -0.3 is 9.52 Å². The number of aromatic carboxylic acids is 1. The van der Waals surface area contributed by atoms with Crippen molar-refractivity contribution in [1.82, 2.24) is 9.97 Å². The van der Waals surface area contributed by atoms with E-state index in [0.717, 1.165) is 0 Å². The lowest BCUT2D eigenvalue weighted by Gasteiger charge is -1.91. The van der Waals surface area contributed by atoms with Gasteiger partial charge in [0, 0.05) is 12.6 Å². The fourth-order valence-electron chi connectivity index (χ4n) is 1.20. The van der Waals surface area contributed by atoms with E-state index in [9.17, 15) is 4.79 Å². The van der Waals surface area contributed by atoms with Gasteiger partial charge in [0.15, 0.2) is 5.89 Å². The zero-order valence-corrected chi connectivity index (χ0v) is 7.52. The van der Waals surface area contributed by atoms with E-state index in [1.54, 1.807) is 0 Å². The maximum atomic E-state index is 10.8. The number of pyridine rings is 1. The monoisotopic (exact) mass is 192 g/mol. The number of aromatic nitrogens is 2. The molecule has 0 saturated heterocycles. The van der Waals surface area contributed by atoms with Crippen LogP contribution in [-0.2, 0) is 6.42 Å². The molecule has 0 atom stereocenters. The predicted octanol–water partition coefficient (Wildman–Crippen LogP) is 1.48. The highest BCUT2D eigenvalue weighted by Crippen LogP contribution is 2.17. The molecule has 0 bridgehead atoms. The molecular weight excluding hydrogens is 184 g/mol. The molecule has 2 aromatic heterocycles. The molecule has 1 N–H and O–H groups in total. The van der Waals surface area contributed by atoms with Crippen molar-refractivity contribution in [2.24, 2.45) is 0 Å². The van der Waals surface area contributed by atoms with Gasteiger partial charge >= 0.3 is 5.97 Å². The van der Waals surface area contributed by atoms with Crippen molar-refractivity contribution >= 4 is 17.2 Å². The summed E-state index contributed by atoms with van der Waals surface area (Å²) in [5.74, 6) is -0.519. The minimum Gasteiger partial charge on any atom is -0.478 e. The van der Waals surface area contributed by atoms with Gasteiger partial charge in [-0.25, -0.2) is 14.8 Å². The Morgan fingerprint density at radius 2 is 2.43 bits per heavy atom. The lowest BCUT2D eigenvalue weighted by molar-refractivity contribution is 0.0698. The van der Waals surface area contributed by atoms with Gasteiger partial charge in [-0.3, -0.25) is 0 Å². The second kappa shape index (κ2) is 3.10. The fraction of sp³-hybridized carbons (Fsp3) is 0.222. The van der Waals surface area contributed by atoms with E-state index in [0.29, 0.717) is 17.8 Å². The van der Waals surface area contributed by atoms with E-state index < -0.39 is 5.97 Å². The van der Waals surface area contributed by atoms with Crippen LogP contribution in [0.5, 0.6) is 0 Å². The summed E-state index contributed by atoms with van der Waals surface area (Å²) in [6.45, 7) is 1.88. The summed E-state index contributed by atoms with van der Waals surface area (Å²) in [5.41, 5.74) is 0.719. The summed E-state index contributed by atoms with van der Waals surface area (Å²) >= 11 is 0. The molecule has 2 heterocycles. The first-order valence-corrected chi connectivity index (χ1v) is 4.20. The molecule has 0 aliphatic rings. The zero-order valence-electron chi connectivity index (χ0n) is 7.52. The average Bonchev–Trinajstić information content (AvgIpc) is 2.59. The van der Waals surface area contributed by atoms with Crippen LogP contribution in [-0.4, -0.2) is 21.0 Å². The summed E-state index contributed by atoms with van der Waals surface area (Å²) in [7, 11) is 0. The van der Waals surface area contributed by atoms with Gasteiger partial charge in [0.1, 0.15) is 5.52 Å². The Bertz CT molecular complexity index is 490. The quantitative estimate of drug-likeness (QED) is 0.779. The summed E-state index contributed by atoms with van der Waals surface area (Å²) < 4.78 is 5.22. The number of hydrogen-bond acceptors (Lipinski definition) is 4. The second-order valence-corrected chi connectivity index (χ2v) is 2.78. The first-order valence-electron chi connectivity index (χ1n) is 4.20. The van der Waals surface area contributed by atoms with Gasteiger partial charge in [-0.15, -0.1) is 0 Å². The largest absolute Gasteiger partial charge is 0.478 e. The third-order valence-electron chi connectivity index (χ3n) is 1.87. The van der Waals surface area contributed by atoms with Crippen LogP contribution in [0, 0.1) is 0 Å². The maximum Gasteiger partial charge on any atom is 0.338 e.